The topological polar surface area (TPSA) is 25.8 Å². The Hall–Kier alpha value is -2.69. The summed E-state index contributed by atoms with van der Waals surface area (Å²) in [5, 5.41) is 0. The Balaban J connectivity index is 1.96. The van der Waals surface area contributed by atoms with Crippen LogP contribution in [0.3, 0.4) is 0 Å². The summed E-state index contributed by atoms with van der Waals surface area (Å²) in [6.45, 7) is 0. The fourth-order valence-electron chi connectivity index (χ4n) is 2.08. The Morgan fingerprint density at radius 1 is 0.727 bits per heavy atom. The van der Waals surface area contributed by atoms with E-state index in [1.165, 1.54) is 12.1 Å². The van der Waals surface area contributed by atoms with Crippen molar-refractivity contribution >= 4 is 0 Å². The van der Waals surface area contributed by atoms with Crippen molar-refractivity contribution in [2.24, 2.45) is 0 Å². The van der Waals surface area contributed by atoms with Gasteiger partial charge in [0.2, 0.25) is 0 Å². The summed E-state index contributed by atoms with van der Waals surface area (Å²) in [7, 11) is 0. The van der Waals surface area contributed by atoms with Crippen molar-refractivity contribution in [3.05, 3.63) is 72.4 Å². The van der Waals surface area contributed by atoms with Crippen LogP contribution in [0.2, 0.25) is 0 Å². The maximum absolute atomic E-state index is 12.6. The van der Waals surface area contributed by atoms with Crippen LogP contribution in [-0.2, 0) is 6.18 Å². The zero-order chi connectivity index (χ0) is 15.6. The Morgan fingerprint density at radius 2 is 1.41 bits per heavy atom. The average molecular weight is 300 g/mol. The van der Waals surface area contributed by atoms with E-state index < -0.39 is 11.7 Å². The third-order valence-corrected chi connectivity index (χ3v) is 3.20. The third kappa shape index (κ3) is 2.98. The summed E-state index contributed by atoms with van der Waals surface area (Å²) in [6.07, 6.45) is -2.73. The predicted molar refractivity (Wildman–Crippen MR) is 77.9 cm³/mol. The van der Waals surface area contributed by atoms with Gasteiger partial charge in [-0.25, -0.2) is 9.97 Å². The molecule has 0 aliphatic carbocycles. The number of alkyl halides is 3. The van der Waals surface area contributed by atoms with Gasteiger partial charge in [0.25, 0.3) is 0 Å². The third-order valence-electron chi connectivity index (χ3n) is 3.20. The summed E-state index contributed by atoms with van der Waals surface area (Å²) in [5.41, 5.74) is 1.39. The van der Waals surface area contributed by atoms with Gasteiger partial charge in [-0.05, 0) is 18.2 Å². The molecule has 110 valence electrons. The Kier molecular flexibility index (Phi) is 3.63. The van der Waals surface area contributed by atoms with Crippen molar-refractivity contribution in [2.75, 3.05) is 0 Å². The van der Waals surface area contributed by atoms with Gasteiger partial charge in [0.15, 0.2) is 5.82 Å². The first kappa shape index (κ1) is 14.3. The standard InChI is InChI=1S/C17H11F3N2/c18-17(19,20)14-8-6-12(7-9-14)15-10-11-21-16(22-15)13-4-2-1-3-5-13/h1-11H. The molecule has 0 N–H and O–H groups in total. The van der Waals surface area contributed by atoms with Crippen LogP contribution in [0.15, 0.2) is 66.9 Å². The van der Waals surface area contributed by atoms with Gasteiger partial charge in [0.1, 0.15) is 0 Å². The number of hydrogen-bond acceptors (Lipinski definition) is 2. The fraction of sp³-hybridized carbons (Fsp3) is 0.0588. The number of halogens is 3. The van der Waals surface area contributed by atoms with Crippen molar-refractivity contribution in [1.82, 2.24) is 9.97 Å². The first-order valence-corrected chi connectivity index (χ1v) is 6.60. The van der Waals surface area contributed by atoms with E-state index in [4.69, 9.17) is 0 Å². The summed E-state index contributed by atoms with van der Waals surface area (Å²) in [5.74, 6) is 0.540. The van der Waals surface area contributed by atoms with Crippen molar-refractivity contribution < 1.29 is 13.2 Å². The van der Waals surface area contributed by atoms with Crippen LogP contribution in [0.5, 0.6) is 0 Å². The van der Waals surface area contributed by atoms with Crippen molar-refractivity contribution in [2.45, 2.75) is 6.18 Å². The highest BCUT2D eigenvalue weighted by molar-refractivity contribution is 5.63. The summed E-state index contributed by atoms with van der Waals surface area (Å²) < 4.78 is 37.7. The van der Waals surface area contributed by atoms with Gasteiger partial charge in [-0.2, -0.15) is 13.2 Å². The molecule has 0 saturated heterocycles. The molecule has 3 rings (SSSR count). The molecule has 2 nitrogen and oxygen atoms in total. The van der Waals surface area contributed by atoms with E-state index in [1.54, 1.807) is 12.3 Å². The lowest BCUT2D eigenvalue weighted by Crippen LogP contribution is -2.04. The van der Waals surface area contributed by atoms with E-state index in [9.17, 15) is 13.2 Å². The first-order chi connectivity index (χ1) is 10.5. The second-order valence-corrected chi connectivity index (χ2v) is 4.71. The lowest BCUT2D eigenvalue weighted by Gasteiger charge is -2.08. The minimum absolute atomic E-state index is 0.540. The van der Waals surface area contributed by atoms with Crippen molar-refractivity contribution in [3.63, 3.8) is 0 Å². The molecule has 1 aromatic heterocycles. The van der Waals surface area contributed by atoms with Crippen LogP contribution in [0.1, 0.15) is 5.56 Å². The van der Waals surface area contributed by atoms with Crippen LogP contribution in [0.25, 0.3) is 22.6 Å². The molecule has 0 amide bonds. The smallest absolute Gasteiger partial charge is 0.237 e. The van der Waals surface area contributed by atoms with Crippen LogP contribution in [-0.4, -0.2) is 9.97 Å². The molecule has 1 heterocycles. The molecular formula is C17H11F3N2. The van der Waals surface area contributed by atoms with Crippen LogP contribution >= 0.6 is 0 Å². The number of aromatic nitrogens is 2. The second-order valence-electron chi connectivity index (χ2n) is 4.71. The maximum atomic E-state index is 12.6. The molecule has 0 radical (unpaired) electrons. The average Bonchev–Trinajstić information content (AvgIpc) is 2.55. The normalized spacial score (nSPS) is 11.4. The van der Waals surface area contributed by atoms with E-state index >= 15 is 0 Å². The lowest BCUT2D eigenvalue weighted by atomic mass is 10.1. The first-order valence-electron chi connectivity index (χ1n) is 6.60. The summed E-state index contributed by atoms with van der Waals surface area (Å²) in [6, 6.07) is 16.0. The summed E-state index contributed by atoms with van der Waals surface area (Å²) >= 11 is 0. The van der Waals surface area contributed by atoms with E-state index in [1.807, 2.05) is 30.3 Å². The van der Waals surface area contributed by atoms with Crippen molar-refractivity contribution in [3.8, 4) is 22.6 Å². The molecule has 5 heteroatoms. The summed E-state index contributed by atoms with van der Waals surface area (Å²) in [4.78, 5) is 8.61. The van der Waals surface area contributed by atoms with Gasteiger partial charge in [-0.1, -0.05) is 42.5 Å². The van der Waals surface area contributed by atoms with Crippen LogP contribution < -0.4 is 0 Å². The van der Waals surface area contributed by atoms with Gasteiger partial charge in [0.05, 0.1) is 11.3 Å². The quantitative estimate of drug-likeness (QED) is 0.677. The van der Waals surface area contributed by atoms with Gasteiger partial charge >= 0.3 is 6.18 Å². The number of nitrogens with zero attached hydrogens (tertiary/aromatic N) is 2. The van der Waals surface area contributed by atoms with E-state index in [0.717, 1.165) is 17.7 Å². The minimum atomic E-state index is -4.33. The molecule has 22 heavy (non-hydrogen) atoms. The lowest BCUT2D eigenvalue weighted by molar-refractivity contribution is -0.137. The van der Waals surface area contributed by atoms with Gasteiger partial charge < -0.3 is 0 Å². The Bertz CT molecular complexity index is 766. The molecule has 0 atom stereocenters. The van der Waals surface area contributed by atoms with Gasteiger partial charge in [-0.15, -0.1) is 0 Å². The molecule has 0 aliphatic heterocycles. The molecular weight excluding hydrogens is 289 g/mol. The highest BCUT2D eigenvalue weighted by atomic mass is 19.4. The number of benzene rings is 2. The highest BCUT2D eigenvalue weighted by Gasteiger charge is 2.30. The number of hydrogen-bond donors (Lipinski definition) is 0. The molecule has 0 saturated carbocycles. The van der Waals surface area contributed by atoms with Crippen molar-refractivity contribution in [1.29, 1.82) is 0 Å². The monoisotopic (exact) mass is 300 g/mol. The molecule has 0 spiro atoms. The Morgan fingerprint density at radius 3 is 2.05 bits per heavy atom. The Labute approximate surface area is 125 Å². The molecule has 3 aromatic rings. The van der Waals surface area contributed by atoms with Gasteiger partial charge in [0, 0.05) is 17.3 Å². The van der Waals surface area contributed by atoms with Crippen LogP contribution in [0.4, 0.5) is 13.2 Å². The fourth-order valence-corrected chi connectivity index (χ4v) is 2.08. The van der Waals surface area contributed by atoms with Gasteiger partial charge in [-0.3, -0.25) is 0 Å². The second kappa shape index (κ2) is 5.60. The molecule has 0 fully saturated rings. The molecule has 0 unspecified atom stereocenters. The zero-order valence-electron chi connectivity index (χ0n) is 11.4. The number of rotatable bonds is 2. The maximum Gasteiger partial charge on any atom is 0.416 e. The molecule has 0 bridgehead atoms. The highest BCUT2D eigenvalue weighted by Crippen LogP contribution is 2.30. The minimum Gasteiger partial charge on any atom is -0.237 e. The predicted octanol–water partition coefficient (Wildman–Crippen LogP) is 4.83. The molecule has 0 aliphatic rings. The van der Waals surface area contributed by atoms with Crippen LogP contribution in [0, 0.1) is 0 Å². The SMILES string of the molecule is FC(F)(F)c1ccc(-c2ccnc(-c3ccccc3)n2)cc1. The van der Waals surface area contributed by atoms with E-state index in [2.05, 4.69) is 9.97 Å². The largest absolute Gasteiger partial charge is 0.416 e. The van der Waals surface area contributed by atoms with E-state index in [-0.39, 0.29) is 0 Å². The van der Waals surface area contributed by atoms with E-state index in [0.29, 0.717) is 17.1 Å². The molecule has 2 aromatic carbocycles. The zero-order valence-corrected chi connectivity index (χ0v) is 11.4.